The van der Waals surface area contributed by atoms with E-state index in [2.05, 4.69) is 5.32 Å². The van der Waals surface area contributed by atoms with Gasteiger partial charge in [0.15, 0.2) is 0 Å². The van der Waals surface area contributed by atoms with Crippen LogP contribution in [0.3, 0.4) is 0 Å². The number of hydrogen-bond acceptors (Lipinski definition) is 1. The van der Waals surface area contributed by atoms with Crippen LogP contribution < -0.4 is 5.32 Å². The quantitative estimate of drug-likeness (QED) is 0.765. The molecule has 0 unspecified atom stereocenters. The summed E-state index contributed by atoms with van der Waals surface area (Å²) in [5, 5.41) is 3.55. The maximum atomic E-state index is 12.3. The number of nitrogens with one attached hydrogen (secondary N) is 1. The van der Waals surface area contributed by atoms with Gasteiger partial charge in [-0.2, -0.15) is 0 Å². The van der Waals surface area contributed by atoms with Crippen molar-refractivity contribution in [3.63, 3.8) is 0 Å². The first-order valence-electron chi connectivity index (χ1n) is 6.82. The second-order valence-corrected chi connectivity index (χ2v) is 5.72. The maximum Gasteiger partial charge on any atom is 0.255 e. The Morgan fingerprint density at radius 2 is 2.00 bits per heavy atom. The zero-order valence-electron chi connectivity index (χ0n) is 11.8. The van der Waals surface area contributed by atoms with E-state index in [0.29, 0.717) is 16.5 Å². The average molecular weight is 322 g/mol. The summed E-state index contributed by atoms with van der Waals surface area (Å²) in [5.74, 6) is 0.513. The molecule has 1 N–H and O–H groups in total. The minimum atomic E-state index is -0.126. The summed E-state index contributed by atoms with van der Waals surface area (Å²) in [7, 11) is 0. The molecule has 2 nitrogen and oxygen atoms in total. The van der Waals surface area contributed by atoms with Crippen LogP contribution in [-0.2, 0) is 6.42 Å². The van der Waals surface area contributed by atoms with Gasteiger partial charge in [0.05, 0.1) is 0 Å². The molecule has 4 heteroatoms. The Morgan fingerprint density at radius 3 is 2.71 bits per heavy atom. The lowest BCUT2D eigenvalue weighted by molar-refractivity contribution is 0.102. The monoisotopic (exact) mass is 321 g/mol. The van der Waals surface area contributed by atoms with Crippen LogP contribution in [0.4, 0.5) is 5.69 Å². The summed E-state index contributed by atoms with van der Waals surface area (Å²) >= 11 is 11.6. The van der Waals surface area contributed by atoms with Gasteiger partial charge in [-0.1, -0.05) is 23.7 Å². The molecule has 0 aliphatic rings. The number of carbonyl (C=O) groups excluding carboxylic acids is 1. The van der Waals surface area contributed by atoms with Crippen molar-refractivity contribution >= 4 is 34.8 Å². The number of alkyl halides is 1. The van der Waals surface area contributed by atoms with Gasteiger partial charge in [0.2, 0.25) is 0 Å². The molecule has 21 heavy (non-hydrogen) atoms. The van der Waals surface area contributed by atoms with Crippen LogP contribution >= 0.6 is 23.2 Å². The number of rotatable bonds is 5. The van der Waals surface area contributed by atoms with Crippen molar-refractivity contribution < 1.29 is 4.79 Å². The van der Waals surface area contributed by atoms with E-state index in [-0.39, 0.29) is 5.91 Å². The molecule has 110 valence electrons. The zero-order valence-corrected chi connectivity index (χ0v) is 13.3. The van der Waals surface area contributed by atoms with Gasteiger partial charge in [-0.05, 0) is 61.2 Å². The fourth-order valence-corrected chi connectivity index (χ4v) is 2.52. The van der Waals surface area contributed by atoms with E-state index in [4.69, 9.17) is 23.2 Å². The van der Waals surface area contributed by atoms with Crippen molar-refractivity contribution in [2.24, 2.45) is 0 Å². The minimum absolute atomic E-state index is 0.126. The molecule has 0 aliphatic carbocycles. The third kappa shape index (κ3) is 4.48. The van der Waals surface area contributed by atoms with E-state index in [1.165, 1.54) is 5.56 Å². The molecule has 2 rings (SSSR count). The molecular formula is C17H17Cl2NO. The fraction of sp³-hybridized carbons (Fsp3) is 0.235. The Morgan fingerprint density at radius 1 is 1.19 bits per heavy atom. The van der Waals surface area contributed by atoms with Gasteiger partial charge in [-0.25, -0.2) is 0 Å². The van der Waals surface area contributed by atoms with Crippen LogP contribution in [0.1, 0.15) is 27.9 Å². The first-order valence-corrected chi connectivity index (χ1v) is 7.74. The third-order valence-electron chi connectivity index (χ3n) is 3.22. The number of halogens is 2. The van der Waals surface area contributed by atoms with Crippen molar-refractivity contribution in [3.8, 4) is 0 Å². The van der Waals surface area contributed by atoms with Gasteiger partial charge < -0.3 is 5.32 Å². The second kappa shape index (κ2) is 7.48. The number of benzene rings is 2. The predicted octanol–water partition coefficient (Wildman–Crippen LogP) is 5.07. The first kappa shape index (κ1) is 15.9. The SMILES string of the molecule is Cc1cc(Cl)ccc1C(=O)Nc1cccc(CCCCl)c1. The molecule has 0 fully saturated rings. The average Bonchev–Trinajstić information content (AvgIpc) is 2.45. The van der Waals surface area contributed by atoms with Crippen molar-refractivity contribution in [2.45, 2.75) is 19.8 Å². The molecule has 1 amide bonds. The molecule has 2 aromatic carbocycles. The Hall–Kier alpha value is -1.51. The summed E-state index contributed by atoms with van der Waals surface area (Å²) in [6.07, 6.45) is 1.84. The zero-order chi connectivity index (χ0) is 15.2. The lowest BCUT2D eigenvalue weighted by Crippen LogP contribution is -2.13. The highest BCUT2D eigenvalue weighted by molar-refractivity contribution is 6.30. The van der Waals surface area contributed by atoms with Crippen molar-refractivity contribution in [2.75, 3.05) is 11.2 Å². The third-order valence-corrected chi connectivity index (χ3v) is 3.72. The molecule has 0 spiro atoms. The number of carbonyl (C=O) groups is 1. The topological polar surface area (TPSA) is 29.1 Å². The van der Waals surface area contributed by atoms with E-state index < -0.39 is 0 Å². The summed E-state index contributed by atoms with van der Waals surface area (Å²) in [5.41, 5.74) is 3.45. The van der Waals surface area contributed by atoms with E-state index >= 15 is 0 Å². The highest BCUT2D eigenvalue weighted by atomic mass is 35.5. The van der Waals surface area contributed by atoms with Crippen molar-refractivity contribution in [1.82, 2.24) is 0 Å². The Balaban J connectivity index is 2.12. The lowest BCUT2D eigenvalue weighted by atomic mass is 10.1. The van der Waals surface area contributed by atoms with Gasteiger partial charge in [0.25, 0.3) is 5.91 Å². The molecule has 2 aromatic rings. The van der Waals surface area contributed by atoms with Crippen LogP contribution in [0.15, 0.2) is 42.5 Å². The van der Waals surface area contributed by atoms with Crippen LogP contribution in [0.2, 0.25) is 5.02 Å². The molecule has 0 atom stereocenters. The van der Waals surface area contributed by atoms with E-state index in [0.717, 1.165) is 24.1 Å². The van der Waals surface area contributed by atoms with Gasteiger partial charge in [-0.3, -0.25) is 4.79 Å². The van der Waals surface area contributed by atoms with Crippen LogP contribution in [0.5, 0.6) is 0 Å². The molecule has 0 aromatic heterocycles. The molecule has 0 aliphatic heterocycles. The van der Waals surface area contributed by atoms with Gasteiger partial charge in [0, 0.05) is 22.2 Å². The fourth-order valence-electron chi connectivity index (χ4n) is 2.16. The summed E-state index contributed by atoms with van der Waals surface area (Å²) < 4.78 is 0. The minimum Gasteiger partial charge on any atom is -0.322 e. The van der Waals surface area contributed by atoms with Crippen LogP contribution in [0, 0.1) is 6.92 Å². The van der Waals surface area contributed by atoms with Gasteiger partial charge in [0.1, 0.15) is 0 Å². The number of anilines is 1. The largest absolute Gasteiger partial charge is 0.322 e. The Kier molecular flexibility index (Phi) is 5.66. The van der Waals surface area contributed by atoms with Crippen LogP contribution in [0.25, 0.3) is 0 Å². The van der Waals surface area contributed by atoms with E-state index in [9.17, 15) is 4.79 Å². The molecule has 0 bridgehead atoms. The normalized spacial score (nSPS) is 10.4. The summed E-state index contributed by atoms with van der Waals surface area (Å²) in [4.78, 5) is 12.3. The number of amides is 1. The summed E-state index contributed by atoms with van der Waals surface area (Å²) in [6, 6.07) is 13.1. The smallest absolute Gasteiger partial charge is 0.255 e. The van der Waals surface area contributed by atoms with E-state index in [1.807, 2.05) is 31.2 Å². The van der Waals surface area contributed by atoms with Gasteiger partial charge >= 0.3 is 0 Å². The van der Waals surface area contributed by atoms with Crippen molar-refractivity contribution in [1.29, 1.82) is 0 Å². The highest BCUT2D eigenvalue weighted by Gasteiger charge is 2.09. The molecule has 0 saturated carbocycles. The molecular weight excluding hydrogens is 305 g/mol. The standard InChI is InChI=1S/C17H17Cl2NO/c1-12-10-14(19)7-8-16(12)17(21)20-15-6-2-4-13(11-15)5-3-9-18/h2,4,6-8,10-11H,3,5,9H2,1H3,(H,20,21). The number of hydrogen-bond donors (Lipinski definition) is 1. The predicted molar refractivity (Wildman–Crippen MR) is 89.6 cm³/mol. The Labute approximate surface area is 135 Å². The second-order valence-electron chi connectivity index (χ2n) is 4.91. The first-order chi connectivity index (χ1) is 10.1. The van der Waals surface area contributed by atoms with E-state index in [1.54, 1.807) is 18.2 Å². The highest BCUT2D eigenvalue weighted by Crippen LogP contribution is 2.18. The van der Waals surface area contributed by atoms with Crippen molar-refractivity contribution in [3.05, 3.63) is 64.2 Å². The number of aryl methyl sites for hydroxylation is 2. The lowest BCUT2D eigenvalue weighted by Gasteiger charge is -2.09. The van der Waals surface area contributed by atoms with Crippen LogP contribution in [-0.4, -0.2) is 11.8 Å². The molecule has 0 radical (unpaired) electrons. The maximum absolute atomic E-state index is 12.3. The molecule has 0 saturated heterocycles. The molecule has 0 heterocycles. The van der Waals surface area contributed by atoms with Gasteiger partial charge in [-0.15, -0.1) is 11.6 Å². The summed E-state index contributed by atoms with van der Waals surface area (Å²) in [6.45, 7) is 1.87. The Bertz CT molecular complexity index is 640.